The highest BCUT2D eigenvalue weighted by Crippen LogP contribution is 2.48. The Balaban J connectivity index is 1.54. The molecule has 0 saturated heterocycles. The number of ketones is 1. The van der Waals surface area contributed by atoms with E-state index in [1.165, 1.54) is 24.0 Å². The van der Waals surface area contributed by atoms with Gasteiger partial charge in [-0.1, -0.05) is 60.2 Å². The van der Waals surface area contributed by atoms with E-state index in [0.717, 1.165) is 22.5 Å². The fraction of sp³-hybridized carbons (Fsp3) is 0.182. The molecule has 200 valence electrons. The molecule has 6 rings (SSSR count). The third-order valence-electron chi connectivity index (χ3n) is 7.64. The third kappa shape index (κ3) is 4.62. The number of fused-ring (bicyclic) bond motifs is 1. The standard InChI is InChI=1S/C33H28N2O4S/c1-20-9-11-21(12-10-20)24-18-26-30(28(36)19-24)31(22-13-15-23(16-14-22)33(38)39-2)35(32(37)29-8-5-17-40-29)27-7-4-3-6-25(27)34-26/h3-17,24,31,34H,18-19H2,1-2H3. The molecule has 0 spiro atoms. The Morgan fingerprint density at radius 1 is 0.900 bits per heavy atom. The quantitative estimate of drug-likeness (QED) is 0.277. The van der Waals surface area contributed by atoms with Crippen LogP contribution in [-0.2, 0) is 9.53 Å². The van der Waals surface area contributed by atoms with Crippen molar-refractivity contribution in [2.75, 3.05) is 17.3 Å². The number of aryl methyl sites for hydroxylation is 1. The molecule has 0 fully saturated rings. The van der Waals surface area contributed by atoms with E-state index in [1.807, 2.05) is 47.8 Å². The summed E-state index contributed by atoms with van der Waals surface area (Å²) < 4.78 is 4.88. The Kier molecular flexibility index (Phi) is 6.82. The van der Waals surface area contributed by atoms with E-state index in [-0.39, 0.29) is 17.6 Å². The molecule has 0 saturated carbocycles. The van der Waals surface area contributed by atoms with Crippen molar-refractivity contribution in [3.8, 4) is 0 Å². The van der Waals surface area contributed by atoms with Gasteiger partial charge in [0.05, 0.1) is 35.0 Å². The fourth-order valence-corrected chi connectivity index (χ4v) is 6.30. The number of hydrogen-bond acceptors (Lipinski definition) is 6. The number of nitrogens with zero attached hydrogens (tertiary/aromatic N) is 1. The molecule has 2 atom stereocenters. The number of benzene rings is 3. The lowest BCUT2D eigenvalue weighted by Crippen LogP contribution is -2.38. The SMILES string of the molecule is COC(=O)c1ccc(C2C3=C(CC(c4ccc(C)cc4)CC3=O)Nc3ccccc3N2C(=O)c2cccs2)cc1. The van der Waals surface area contributed by atoms with Crippen LogP contribution >= 0.6 is 11.3 Å². The molecule has 0 radical (unpaired) electrons. The van der Waals surface area contributed by atoms with Gasteiger partial charge in [0.2, 0.25) is 0 Å². The molecule has 1 N–H and O–H groups in total. The molecule has 1 aromatic heterocycles. The summed E-state index contributed by atoms with van der Waals surface area (Å²) >= 11 is 1.37. The van der Waals surface area contributed by atoms with E-state index < -0.39 is 12.0 Å². The summed E-state index contributed by atoms with van der Waals surface area (Å²) in [6, 6.07) is 26.0. The number of hydrogen-bond donors (Lipinski definition) is 1. The number of nitrogens with one attached hydrogen (secondary N) is 1. The molecule has 3 aromatic carbocycles. The summed E-state index contributed by atoms with van der Waals surface area (Å²) in [5.74, 6) is -0.611. The first-order chi connectivity index (χ1) is 19.4. The molecule has 2 aliphatic rings. The Labute approximate surface area is 236 Å². The first-order valence-electron chi connectivity index (χ1n) is 13.2. The number of thiophene rings is 1. The van der Waals surface area contributed by atoms with Crippen molar-refractivity contribution in [2.45, 2.75) is 31.7 Å². The first kappa shape index (κ1) is 25.8. The van der Waals surface area contributed by atoms with Gasteiger partial charge in [-0.3, -0.25) is 14.5 Å². The second-order valence-corrected chi connectivity index (χ2v) is 11.1. The van der Waals surface area contributed by atoms with Crippen molar-refractivity contribution >= 4 is 40.4 Å². The lowest BCUT2D eigenvalue weighted by molar-refractivity contribution is -0.116. The van der Waals surface area contributed by atoms with Gasteiger partial charge in [-0.2, -0.15) is 0 Å². The van der Waals surface area contributed by atoms with Gasteiger partial charge in [0.15, 0.2) is 5.78 Å². The summed E-state index contributed by atoms with van der Waals surface area (Å²) in [5, 5.41) is 5.44. The highest BCUT2D eigenvalue weighted by atomic mass is 32.1. The molecule has 2 unspecified atom stereocenters. The van der Waals surface area contributed by atoms with Gasteiger partial charge >= 0.3 is 5.97 Å². The monoisotopic (exact) mass is 548 g/mol. The molecule has 1 aliphatic heterocycles. The zero-order valence-corrected chi connectivity index (χ0v) is 23.0. The zero-order valence-electron chi connectivity index (χ0n) is 22.2. The fourth-order valence-electron chi connectivity index (χ4n) is 5.64. The Bertz CT molecular complexity index is 1620. The van der Waals surface area contributed by atoms with E-state index in [0.29, 0.717) is 34.5 Å². The summed E-state index contributed by atoms with van der Waals surface area (Å²) in [6.45, 7) is 2.05. The highest BCUT2D eigenvalue weighted by Gasteiger charge is 2.42. The predicted molar refractivity (Wildman–Crippen MR) is 157 cm³/mol. The van der Waals surface area contributed by atoms with Crippen molar-refractivity contribution in [3.63, 3.8) is 0 Å². The second kappa shape index (κ2) is 10.6. The van der Waals surface area contributed by atoms with Crippen LogP contribution in [0.15, 0.2) is 102 Å². The average molecular weight is 549 g/mol. The molecule has 2 heterocycles. The predicted octanol–water partition coefficient (Wildman–Crippen LogP) is 7.06. The van der Waals surface area contributed by atoms with Crippen LogP contribution in [0.4, 0.5) is 11.4 Å². The number of methoxy groups -OCH3 is 1. The van der Waals surface area contributed by atoms with Crippen LogP contribution in [0.1, 0.15) is 61.5 Å². The molecule has 1 amide bonds. The van der Waals surface area contributed by atoms with E-state index in [1.54, 1.807) is 23.1 Å². The minimum absolute atomic E-state index is 0.00171. The number of ether oxygens (including phenoxy) is 1. The second-order valence-electron chi connectivity index (χ2n) is 10.1. The number of carbonyl (C=O) groups excluding carboxylic acids is 3. The lowest BCUT2D eigenvalue weighted by Gasteiger charge is -2.35. The number of rotatable bonds is 4. The van der Waals surface area contributed by atoms with Gasteiger partial charge in [-0.05, 0) is 66.1 Å². The maximum absolute atomic E-state index is 14.2. The Morgan fingerprint density at radius 3 is 2.33 bits per heavy atom. The first-order valence-corrected chi connectivity index (χ1v) is 14.1. The molecule has 7 heteroatoms. The van der Waals surface area contributed by atoms with Gasteiger partial charge in [0.25, 0.3) is 5.91 Å². The normalized spacial score (nSPS) is 18.4. The summed E-state index contributed by atoms with van der Waals surface area (Å²) in [6.07, 6.45) is 0.980. The minimum atomic E-state index is -0.682. The average Bonchev–Trinajstić information content (AvgIpc) is 3.47. The number of anilines is 2. The zero-order chi connectivity index (χ0) is 27.8. The number of carbonyl (C=O) groups is 3. The summed E-state index contributed by atoms with van der Waals surface area (Å²) in [4.78, 5) is 42.8. The van der Waals surface area contributed by atoms with Crippen LogP contribution in [-0.4, -0.2) is 24.8 Å². The van der Waals surface area contributed by atoms with Crippen molar-refractivity contribution in [2.24, 2.45) is 0 Å². The number of amides is 1. The van der Waals surface area contributed by atoms with Crippen molar-refractivity contribution < 1.29 is 19.1 Å². The number of para-hydroxylation sites is 2. The van der Waals surface area contributed by atoms with Gasteiger partial charge in [0.1, 0.15) is 0 Å². The molecule has 6 nitrogen and oxygen atoms in total. The molecular formula is C33H28N2O4S. The molecule has 40 heavy (non-hydrogen) atoms. The van der Waals surface area contributed by atoms with Gasteiger partial charge in [-0.25, -0.2) is 4.79 Å². The van der Waals surface area contributed by atoms with Crippen molar-refractivity contribution in [3.05, 3.63) is 129 Å². The third-order valence-corrected chi connectivity index (χ3v) is 8.49. The maximum atomic E-state index is 14.2. The Morgan fingerprint density at radius 2 is 1.62 bits per heavy atom. The van der Waals surface area contributed by atoms with Crippen molar-refractivity contribution in [1.82, 2.24) is 0 Å². The summed E-state index contributed by atoms with van der Waals surface area (Å²) in [7, 11) is 1.34. The van der Waals surface area contributed by atoms with E-state index in [2.05, 4.69) is 36.5 Å². The van der Waals surface area contributed by atoms with E-state index in [4.69, 9.17) is 4.74 Å². The number of Topliss-reactive ketones (excluding diaryl/α,β-unsaturated/α-hetero) is 1. The summed E-state index contributed by atoms with van der Waals surface area (Å²) in [5.41, 5.74) is 6.29. The van der Waals surface area contributed by atoms with Gasteiger partial charge in [0, 0.05) is 17.7 Å². The van der Waals surface area contributed by atoms with Crippen LogP contribution in [0, 0.1) is 6.92 Å². The highest BCUT2D eigenvalue weighted by molar-refractivity contribution is 7.12. The van der Waals surface area contributed by atoms with E-state index >= 15 is 0 Å². The molecule has 4 aromatic rings. The van der Waals surface area contributed by atoms with Crippen LogP contribution < -0.4 is 10.2 Å². The van der Waals surface area contributed by atoms with Crippen LogP contribution in [0.5, 0.6) is 0 Å². The smallest absolute Gasteiger partial charge is 0.337 e. The molecular weight excluding hydrogens is 520 g/mol. The van der Waals surface area contributed by atoms with Crippen molar-refractivity contribution in [1.29, 1.82) is 0 Å². The number of esters is 1. The van der Waals surface area contributed by atoms with Gasteiger partial charge < -0.3 is 10.1 Å². The van der Waals surface area contributed by atoms with Crippen LogP contribution in [0.3, 0.4) is 0 Å². The minimum Gasteiger partial charge on any atom is -0.465 e. The largest absolute Gasteiger partial charge is 0.465 e. The molecule has 0 bridgehead atoms. The van der Waals surface area contributed by atoms with Gasteiger partial charge in [-0.15, -0.1) is 11.3 Å². The van der Waals surface area contributed by atoms with Crippen LogP contribution in [0.25, 0.3) is 0 Å². The molecule has 1 aliphatic carbocycles. The maximum Gasteiger partial charge on any atom is 0.337 e. The lowest BCUT2D eigenvalue weighted by atomic mass is 9.78. The number of allylic oxidation sites excluding steroid dienone is 1. The van der Waals surface area contributed by atoms with Crippen LogP contribution in [0.2, 0.25) is 0 Å². The topological polar surface area (TPSA) is 75.7 Å². The Hall–Kier alpha value is -4.49. The van der Waals surface area contributed by atoms with E-state index in [9.17, 15) is 14.4 Å².